The van der Waals surface area contributed by atoms with Gasteiger partial charge in [-0.2, -0.15) is 0 Å². The molecule has 160 valence electrons. The lowest BCUT2D eigenvalue weighted by atomic mass is 9.74. The van der Waals surface area contributed by atoms with Gasteiger partial charge < -0.3 is 20.3 Å². The quantitative estimate of drug-likeness (QED) is 0.519. The maximum Gasteiger partial charge on any atom is 0.475 e. The molecule has 2 rings (SSSR count). The van der Waals surface area contributed by atoms with Crippen LogP contribution in [0.3, 0.4) is 0 Å². The molecule has 0 aliphatic carbocycles. The molecule has 1 saturated heterocycles. The molecule has 3 atom stereocenters. The van der Waals surface area contributed by atoms with E-state index >= 15 is 0 Å². The third kappa shape index (κ3) is 6.28. The molecule has 1 aromatic rings. The Hall–Kier alpha value is -1.93. The summed E-state index contributed by atoms with van der Waals surface area (Å²) in [5.41, 5.74) is 0.793. The number of halogens is 1. The summed E-state index contributed by atoms with van der Waals surface area (Å²) in [4.78, 5) is 27.6. The lowest BCUT2D eigenvalue weighted by molar-refractivity contribution is -0.132. The molecule has 0 saturated carbocycles. The van der Waals surface area contributed by atoms with Gasteiger partial charge in [-0.05, 0) is 48.9 Å². The number of hydrogen-bond donors (Lipinski definition) is 3. The van der Waals surface area contributed by atoms with Crippen LogP contribution < -0.4 is 10.2 Å². The Morgan fingerprint density at radius 1 is 1.21 bits per heavy atom. The average molecular weight is 406 g/mol. The first-order valence-electron chi connectivity index (χ1n) is 10.3. The van der Waals surface area contributed by atoms with Gasteiger partial charge in [-0.25, -0.2) is 4.39 Å². The molecule has 0 unspecified atom stereocenters. The van der Waals surface area contributed by atoms with E-state index in [2.05, 4.69) is 5.32 Å². The van der Waals surface area contributed by atoms with Gasteiger partial charge in [0.05, 0.1) is 12.0 Å². The number of Topliss-reactive ketones (excluding diaryl/α,β-unsaturated/α-hetero) is 1. The van der Waals surface area contributed by atoms with Crippen LogP contribution in [0.1, 0.15) is 47.0 Å². The maximum atomic E-state index is 13.2. The van der Waals surface area contributed by atoms with Crippen molar-refractivity contribution >= 4 is 24.5 Å². The van der Waals surface area contributed by atoms with Crippen LogP contribution in [0, 0.1) is 23.6 Å². The van der Waals surface area contributed by atoms with Gasteiger partial charge in [0.1, 0.15) is 5.82 Å². The van der Waals surface area contributed by atoms with Crippen molar-refractivity contribution < 1.29 is 24.0 Å². The molecule has 1 amide bonds. The highest BCUT2D eigenvalue weighted by atomic mass is 19.1. The van der Waals surface area contributed by atoms with Gasteiger partial charge in [-0.3, -0.25) is 9.59 Å². The number of amides is 1. The van der Waals surface area contributed by atoms with E-state index in [0.717, 1.165) is 5.69 Å². The molecular weight excluding hydrogens is 374 g/mol. The molecule has 0 spiro atoms. The molecule has 1 heterocycles. The first kappa shape index (κ1) is 23.4. The zero-order valence-corrected chi connectivity index (χ0v) is 17.6. The second-order valence-corrected chi connectivity index (χ2v) is 8.65. The predicted octanol–water partition coefficient (Wildman–Crippen LogP) is 2.18. The summed E-state index contributed by atoms with van der Waals surface area (Å²) in [7, 11) is -1.65. The van der Waals surface area contributed by atoms with Gasteiger partial charge in [0.15, 0.2) is 5.78 Å². The number of carbonyl (C=O) groups is 2. The van der Waals surface area contributed by atoms with Crippen LogP contribution in [-0.4, -0.2) is 47.4 Å². The fourth-order valence-corrected chi connectivity index (χ4v) is 3.70. The van der Waals surface area contributed by atoms with Gasteiger partial charge in [0.25, 0.3) is 0 Å². The van der Waals surface area contributed by atoms with Crippen LogP contribution in [0.5, 0.6) is 0 Å². The molecule has 0 aromatic heterocycles. The van der Waals surface area contributed by atoms with Crippen molar-refractivity contribution in [2.75, 3.05) is 11.4 Å². The van der Waals surface area contributed by atoms with Crippen molar-refractivity contribution in [1.82, 2.24) is 5.32 Å². The summed E-state index contributed by atoms with van der Waals surface area (Å²) in [5.74, 6) is -1.89. The second kappa shape index (κ2) is 10.2. The van der Waals surface area contributed by atoms with Gasteiger partial charge in [-0.1, -0.05) is 27.7 Å². The molecule has 1 fully saturated rings. The standard InChI is InChI=1S/C21H32BFN2O4/c1-13(2)11-20(22(28)29)24-21(27)17(14(3)4)12-19(26)18-9-10-25(18)16-7-5-15(23)6-8-16/h5-8,13-14,17-18,20,28-29H,9-12H2,1-4H3,(H,24,27)/t17-,18-,20+/m0/s1. The van der Waals surface area contributed by atoms with Crippen LogP contribution in [0.25, 0.3) is 0 Å². The maximum absolute atomic E-state index is 13.2. The minimum Gasteiger partial charge on any atom is -0.426 e. The number of ketones is 1. The Balaban J connectivity index is 2.02. The van der Waals surface area contributed by atoms with Gasteiger partial charge in [0, 0.05) is 24.6 Å². The molecule has 0 radical (unpaired) electrons. The predicted molar refractivity (Wildman–Crippen MR) is 112 cm³/mol. The Morgan fingerprint density at radius 2 is 1.83 bits per heavy atom. The summed E-state index contributed by atoms with van der Waals surface area (Å²) < 4.78 is 13.2. The SMILES string of the molecule is CC(C)C[C@@H](NC(=O)[C@@H](CC(=O)[C@@H]1CCN1c1ccc(F)cc1)C(C)C)B(O)O. The second-order valence-electron chi connectivity index (χ2n) is 8.65. The fourth-order valence-electron chi connectivity index (χ4n) is 3.70. The highest BCUT2D eigenvalue weighted by molar-refractivity contribution is 6.43. The Morgan fingerprint density at radius 3 is 2.28 bits per heavy atom. The van der Waals surface area contributed by atoms with E-state index in [0.29, 0.717) is 19.4 Å². The van der Waals surface area contributed by atoms with Crippen molar-refractivity contribution in [2.45, 2.75) is 58.9 Å². The highest BCUT2D eigenvalue weighted by Gasteiger charge is 2.38. The third-order valence-corrected chi connectivity index (χ3v) is 5.53. The first-order chi connectivity index (χ1) is 13.6. The van der Waals surface area contributed by atoms with Crippen molar-refractivity contribution in [3.05, 3.63) is 30.1 Å². The average Bonchev–Trinajstić information content (AvgIpc) is 2.59. The van der Waals surface area contributed by atoms with Crippen LogP contribution in [0.15, 0.2) is 24.3 Å². The molecule has 8 heteroatoms. The Labute approximate surface area is 172 Å². The number of nitrogens with zero attached hydrogens (tertiary/aromatic N) is 1. The van der Waals surface area contributed by atoms with Gasteiger partial charge >= 0.3 is 7.12 Å². The first-order valence-corrected chi connectivity index (χ1v) is 10.3. The van der Waals surface area contributed by atoms with E-state index in [1.165, 1.54) is 12.1 Å². The number of nitrogens with one attached hydrogen (secondary N) is 1. The van der Waals surface area contributed by atoms with Crippen LogP contribution in [0.2, 0.25) is 0 Å². The summed E-state index contributed by atoms with van der Waals surface area (Å²) in [6.45, 7) is 8.34. The third-order valence-electron chi connectivity index (χ3n) is 5.53. The summed E-state index contributed by atoms with van der Waals surface area (Å²) >= 11 is 0. The number of carbonyl (C=O) groups excluding carboxylic acids is 2. The molecule has 0 bridgehead atoms. The molecule has 3 N–H and O–H groups in total. The van der Waals surface area contributed by atoms with Crippen molar-refractivity contribution in [3.8, 4) is 0 Å². The minimum absolute atomic E-state index is 0.0284. The topological polar surface area (TPSA) is 89.9 Å². The molecular formula is C21H32BFN2O4. The smallest absolute Gasteiger partial charge is 0.426 e. The zero-order chi connectivity index (χ0) is 21.7. The summed E-state index contributed by atoms with van der Waals surface area (Å²) in [6.07, 6.45) is 1.22. The van der Waals surface area contributed by atoms with E-state index < -0.39 is 19.0 Å². The van der Waals surface area contributed by atoms with Crippen LogP contribution in [-0.2, 0) is 9.59 Å². The normalized spacial score (nSPS) is 18.4. The lowest BCUT2D eigenvalue weighted by Gasteiger charge is -2.42. The summed E-state index contributed by atoms with van der Waals surface area (Å²) in [6, 6.07) is 5.73. The number of anilines is 1. The van der Waals surface area contributed by atoms with E-state index in [4.69, 9.17) is 0 Å². The van der Waals surface area contributed by atoms with E-state index in [-0.39, 0.29) is 41.8 Å². The summed E-state index contributed by atoms with van der Waals surface area (Å²) in [5, 5.41) is 21.8. The fraction of sp³-hybridized carbons (Fsp3) is 0.619. The van der Waals surface area contributed by atoms with Crippen molar-refractivity contribution in [3.63, 3.8) is 0 Å². The zero-order valence-electron chi connectivity index (χ0n) is 17.6. The molecule has 1 aliphatic heterocycles. The van der Waals surface area contributed by atoms with Crippen LogP contribution in [0.4, 0.5) is 10.1 Å². The minimum atomic E-state index is -1.65. The van der Waals surface area contributed by atoms with E-state index in [1.807, 2.05) is 32.6 Å². The molecule has 6 nitrogen and oxygen atoms in total. The Kier molecular flexibility index (Phi) is 8.22. The van der Waals surface area contributed by atoms with Gasteiger partial charge in [-0.15, -0.1) is 0 Å². The Bertz CT molecular complexity index is 696. The number of hydrogen-bond acceptors (Lipinski definition) is 5. The van der Waals surface area contributed by atoms with Crippen molar-refractivity contribution in [1.29, 1.82) is 0 Å². The van der Waals surface area contributed by atoms with Crippen LogP contribution >= 0.6 is 0 Å². The largest absolute Gasteiger partial charge is 0.475 e. The van der Waals surface area contributed by atoms with Gasteiger partial charge in [0.2, 0.25) is 5.91 Å². The molecule has 29 heavy (non-hydrogen) atoms. The van der Waals surface area contributed by atoms with E-state index in [9.17, 15) is 24.0 Å². The number of benzene rings is 1. The molecule has 1 aromatic carbocycles. The van der Waals surface area contributed by atoms with Crippen molar-refractivity contribution in [2.24, 2.45) is 17.8 Å². The van der Waals surface area contributed by atoms with E-state index in [1.54, 1.807) is 12.1 Å². The highest BCUT2D eigenvalue weighted by Crippen LogP contribution is 2.29. The monoisotopic (exact) mass is 406 g/mol. The lowest BCUT2D eigenvalue weighted by Crippen LogP contribution is -2.54. The number of rotatable bonds is 10. The molecule has 1 aliphatic rings.